The van der Waals surface area contributed by atoms with Crippen LogP contribution in [0.25, 0.3) is 0 Å². The topological polar surface area (TPSA) is 44.5 Å². The van der Waals surface area contributed by atoms with Crippen molar-refractivity contribution in [3.8, 4) is 11.5 Å². The minimum atomic E-state index is -0.470. The van der Waals surface area contributed by atoms with Crippen LogP contribution in [0, 0.1) is 5.82 Å². The first-order valence-corrected chi connectivity index (χ1v) is 5.32. The minimum Gasteiger partial charge on any atom is -0.489 e. The molecule has 1 rings (SSSR count). The average molecular weight is 227 g/mol. The maximum Gasteiger partial charge on any atom is 0.167 e. The molecule has 0 aliphatic rings. The van der Waals surface area contributed by atoms with Gasteiger partial charge in [-0.3, -0.25) is 0 Å². The SMILES string of the molecule is CC(C)Oc1cc(OC(C)C)c(F)cc1N. The van der Waals surface area contributed by atoms with E-state index in [2.05, 4.69) is 0 Å². The van der Waals surface area contributed by atoms with Gasteiger partial charge in [-0.15, -0.1) is 0 Å². The Balaban J connectivity index is 3.01. The molecule has 0 aromatic heterocycles. The Morgan fingerprint density at radius 1 is 1.00 bits per heavy atom. The van der Waals surface area contributed by atoms with Crippen LogP contribution in [-0.2, 0) is 0 Å². The van der Waals surface area contributed by atoms with Gasteiger partial charge in [-0.2, -0.15) is 0 Å². The Hall–Kier alpha value is -1.45. The standard InChI is InChI=1S/C12H18FNO2/c1-7(2)15-11-6-12(16-8(3)4)10(14)5-9(11)13/h5-8H,14H2,1-4H3. The van der Waals surface area contributed by atoms with Gasteiger partial charge in [0.2, 0.25) is 0 Å². The Labute approximate surface area is 95.4 Å². The average Bonchev–Trinajstić information content (AvgIpc) is 2.11. The van der Waals surface area contributed by atoms with E-state index in [0.29, 0.717) is 5.75 Å². The lowest BCUT2D eigenvalue weighted by atomic mass is 10.2. The fourth-order valence-electron chi connectivity index (χ4n) is 1.25. The van der Waals surface area contributed by atoms with Crippen LogP contribution in [0.15, 0.2) is 12.1 Å². The summed E-state index contributed by atoms with van der Waals surface area (Å²) >= 11 is 0. The maximum absolute atomic E-state index is 13.5. The van der Waals surface area contributed by atoms with E-state index in [0.717, 1.165) is 0 Å². The van der Waals surface area contributed by atoms with Gasteiger partial charge in [0.05, 0.1) is 17.9 Å². The molecule has 0 radical (unpaired) electrons. The monoisotopic (exact) mass is 227 g/mol. The van der Waals surface area contributed by atoms with Crippen molar-refractivity contribution in [2.75, 3.05) is 5.73 Å². The lowest BCUT2D eigenvalue weighted by Gasteiger charge is -2.16. The number of anilines is 1. The smallest absolute Gasteiger partial charge is 0.167 e. The van der Waals surface area contributed by atoms with Crippen LogP contribution in [0.4, 0.5) is 10.1 Å². The van der Waals surface area contributed by atoms with Crippen LogP contribution in [0.3, 0.4) is 0 Å². The fraction of sp³-hybridized carbons (Fsp3) is 0.500. The molecule has 2 N–H and O–H groups in total. The van der Waals surface area contributed by atoms with Crippen LogP contribution in [0.1, 0.15) is 27.7 Å². The summed E-state index contributed by atoms with van der Waals surface area (Å²) in [5, 5.41) is 0. The molecule has 0 aliphatic carbocycles. The predicted molar refractivity (Wildman–Crippen MR) is 62.3 cm³/mol. The van der Waals surface area contributed by atoms with Gasteiger partial charge in [0.1, 0.15) is 5.75 Å². The number of rotatable bonds is 4. The first kappa shape index (κ1) is 12.6. The summed E-state index contributed by atoms with van der Waals surface area (Å²) in [6, 6.07) is 2.71. The number of hydrogen-bond acceptors (Lipinski definition) is 3. The van der Waals surface area contributed by atoms with Gasteiger partial charge in [0.25, 0.3) is 0 Å². The number of hydrogen-bond donors (Lipinski definition) is 1. The molecule has 90 valence electrons. The van der Waals surface area contributed by atoms with E-state index in [1.165, 1.54) is 12.1 Å². The van der Waals surface area contributed by atoms with E-state index in [9.17, 15) is 4.39 Å². The van der Waals surface area contributed by atoms with Gasteiger partial charge >= 0.3 is 0 Å². The highest BCUT2D eigenvalue weighted by molar-refractivity contribution is 5.56. The third kappa shape index (κ3) is 3.29. The van der Waals surface area contributed by atoms with Crippen molar-refractivity contribution in [3.05, 3.63) is 17.9 Å². The summed E-state index contributed by atoms with van der Waals surface area (Å²) in [7, 11) is 0. The summed E-state index contributed by atoms with van der Waals surface area (Å²) in [6.45, 7) is 7.43. The molecule has 3 nitrogen and oxygen atoms in total. The van der Waals surface area contributed by atoms with E-state index < -0.39 is 5.82 Å². The largest absolute Gasteiger partial charge is 0.489 e. The van der Waals surface area contributed by atoms with Crippen molar-refractivity contribution in [1.29, 1.82) is 0 Å². The summed E-state index contributed by atoms with van der Waals surface area (Å²) < 4.78 is 24.2. The summed E-state index contributed by atoms with van der Waals surface area (Å²) in [5.41, 5.74) is 5.93. The lowest BCUT2D eigenvalue weighted by molar-refractivity contribution is 0.222. The molecule has 0 atom stereocenters. The van der Waals surface area contributed by atoms with E-state index in [1.807, 2.05) is 27.7 Å². The zero-order chi connectivity index (χ0) is 12.3. The fourth-order valence-corrected chi connectivity index (χ4v) is 1.25. The number of ether oxygens (including phenoxy) is 2. The molecule has 0 heterocycles. The summed E-state index contributed by atoms with van der Waals surface area (Å²) in [4.78, 5) is 0. The van der Waals surface area contributed by atoms with Crippen LogP contribution in [-0.4, -0.2) is 12.2 Å². The zero-order valence-corrected chi connectivity index (χ0v) is 10.1. The summed E-state index contributed by atoms with van der Waals surface area (Å²) in [6.07, 6.45) is -0.107. The number of halogens is 1. The van der Waals surface area contributed by atoms with Crippen molar-refractivity contribution in [1.82, 2.24) is 0 Å². The second kappa shape index (κ2) is 5.05. The van der Waals surface area contributed by atoms with Gasteiger partial charge in [-0.1, -0.05) is 0 Å². The zero-order valence-electron chi connectivity index (χ0n) is 10.1. The summed E-state index contributed by atoms with van der Waals surface area (Å²) in [5.74, 6) is 0.147. The molecule has 0 saturated heterocycles. The second-order valence-electron chi connectivity index (χ2n) is 4.15. The normalized spacial score (nSPS) is 10.9. The van der Waals surface area contributed by atoms with Gasteiger partial charge in [0, 0.05) is 12.1 Å². The first-order valence-electron chi connectivity index (χ1n) is 5.32. The highest BCUT2D eigenvalue weighted by Gasteiger charge is 2.12. The van der Waals surface area contributed by atoms with Crippen LogP contribution in [0.2, 0.25) is 0 Å². The van der Waals surface area contributed by atoms with Gasteiger partial charge in [0.15, 0.2) is 11.6 Å². The van der Waals surface area contributed by atoms with Crippen molar-refractivity contribution in [2.45, 2.75) is 39.9 Å². The van der Waals surface area contributed by atoms with E-state index >= 15 is 0 Å². The van der Waals surface area contributed by atoms with Crippen molar-refractivity contribution in [3.63, 3.8) is 0 Å². The van der Waals surface area contributed by atoms with Crippen LogP contribution >= 0.6 is 0 Å². The third-order valence-corrected chi connectivity index (χ3v) is 1.79. The van der Waals surface area contributed by atoms with Crippen molar-refractivity contribution in [2.24, 2.45) is 0 Å². The third-order valence-electron chi connectivity index (χ3n) is 1.79. The van der Waals surface area contributed by atoms with Crippen molar-refractivity contribution >= 4 is 5.69 Å². The Kier molecular flexibility index (Phi) is 3.99. The first-order chi connectivity index (χ1) is 7.40. The molecule has 0 saturated carbocycles. The van der Waals surface area contributed by atoms with Crippen molar-refractivity contribution < 1.29 is 13.9 Å². The molecule has 1 aromatic rings. The molecule has 1 aromatic carbocycles. The van der Waals surface area contributed by atoms with Gasteiger partial charge in [-0.05, 0) is 27.7 Å². The molecule has 0 amide bonds. The molecular weight excluding hydrogens is 209 g/mol. The highest BCUT2D eigenvalue weighted by atomic mass is 19.1. The molecule has 0 unspecified atom stereocenters. The number of nitrogen functional groups attached to an aromatic ring is 1. The highest BCUT2D eigenvalue weighted by Crippen LogP contribution is 2.31. The lowest BCUT2D eigenvalue weighted by Crippen LogP contribution is -2.10. The van der Waals surface area contributed by atoms with E-state index in [-0.39, 0.29) is 23.6 Å². The second-order valence-corrected chi connectivity index (χ2v) is 4.15. The molecule has 0 fully saturated rings. The molecule has 0 aliphatic heterocycles. The quantitative estimate of drug-likeness (QED) is 0.804. The van der Waals surface area contributed by atoms with Crippen LogP contribution in [0.5, 0.6) is 11.5 Å². The molecular formula is C12H18FNO2. The van der Waals surface area contributed by atoms with Gasteiger partial charge in [-0.25, -0.2) is 4.39 Å². The molecule has 4 heteroatoms. The van der Waals surface area contributed by atoms with Crippen LogP contribution < -0.4 is 15.2 Å². The Morgan fingerprint density at radius 2 is 1.50 bits per heavy atom. The molecule has 0 spiro atoms. The minimum absolute atomic E-state index is 0.0142. The van der Waals surface area contributed by atoms with E-state index in [4.69, 9.17) is 15.2 Å². The predicted octanol–water partition coefficient (Wildman–Crippen LogP) is 2.98. The molecule has 0 bridgehead atoms. The van der Waals surface area contributed by atoms with Gasteiger partial charge < -0.3 is 15.2 Å². The maximum atomic E-state index is 13.5. The Bertz CT molecular complexity index is 333. The van der Waals surface area contributed by atoms with E-state index in [1.54, 1.807) is 0 Å². The number of nitrogens with two attached hydrogens (primary N) is 1. The molecule has 16 heavy (non-hydrogen) atoms. The Morgan fingerprint density at radius 3 is 2.00 bits per heavy atom. The number of benzene rings is 1.